The number of anilines is 1. The van der Waals surface area contributed by atoms with Gasteiger partial charge < -0.3 is 4.90 Å². The van der Waals surface area contributed by atoms with Crippen molar-refractivity contribution in [3.05, 3.63) is 99.7 Å². The van der Waals surface area contributed by atoms with Crippen LogP contribution in [0.1, 0.15) is 11.3 Å². The predicted molar refractivity (Wildman–Crippen MR) is 118 cm³/mol. The number of hydrogen-bond donors (Lipinski definition) is 0. The number of benzene rings is 2. The van der Waals surface area contributed by atoms with Crippen molar-refractivity contribution < 1.29 is 4.79 Å². The highest BCUT2D eigenvalue weighted by atomic mass is 35.5. The summed E-state index contributed by atoms with van der Waals surface area (Å²) in [6, 6.07) is 18.1. The predicted octanol–water partition coefficient (Wildman–Crippen LogP) is 3.70. The molecular weight excluding hydrogens is 400 g/mol. The molecule has 2 aromatic carbocycles. The van der Waals surface area contributed by atoms with Gasteiger partial charge in [-0.25, -0.2) is 4.68 Å². The molecule has 0 fully saturated rings. The molecule has 0 atom stereocenters. The van der Waals surface area contributed by atoms with Crippen LogP contribution in [0.2, 0.25) is 5.02 Å². The molecule has 0 N–H and O–H groups in total. The number of fused-ring (bicyclic) bond motifs is 1. The second-order valence-electron chi connectivity index (χ2n) is 6.93. The lowest BCUT2D eigenvalue weighted by atomic mass is 10.1. The maximum atomic E-state index is 13.0. The number of hydrogen-bond acceptors (Lipinski definition) is 4. The summed E-state index contributed by atoms with van der Waals surface area (Å²) in [7, 11) is 1.65. The monoisotopic (exact) mass is 418 g/mol. The van der Waals surface area contributed by atoms with Gasteiger partial charge in [-0.3, -0.25) is 14.6 Å². The highest BCUT2D eigenvalue weighted by Gasteiger charge is 2.17. The van der Waals surface area contributed by atoms with Crippen molar-refractivity contribution in [3.63, 3.8) is 0 Å². The quantitative estimate of drug-likeness (QED) is 0.495. The Morgan fingerprint density at radius 2 is 1.87 bits per heavy atom. The fourth-order valence-corrected chi connectivity index (χ4v) is 3.49. The van der Waals surface area contributed by atoms with Gasteiger partial charge in [0.25, 0.3) is 5.56 Å². The number of rotatable bonds is 5. The van der Waals surface area contributed by atoms with Crippen molar-refractivity contribution in [1.29, 1.82) is 0 Å². The van der Waals surface area contributed by atoms with Gasteiger partial charge in [0.15, 0.2) is 0 Å². The number of carbonyl (C=O) groups excluding carboxylic acids is 1. The molecule has 0 saturated heterocycles. The molecular formula is C23H19ClN4O2. The minimum absolute atomic E-state index is 0.174. The fourth-order valence-electron chi connectivity index (χ4n) is 3.30. The molecule has 0 aliphatic heterocycles. The number of likely N-dealkylation sites (N-methyl/N-ethyl adjacent to an activating group) is 1. The van der Waals surface area contributed by atoms with Gasteiger partial charge in [0.1, 0.15) is 6.54 Å². The lowest BCUT2D eigenvalue weighted by Crippen LogP contribution is -2.35. The molecule has 0 saturated carbocycles. The van der Waals surface area contributed by atoms with Crippen LogP contribution in [0, 0.1) is 0 Å². The molecule has 0 spiro atoms. The zero-order chi connectivity index (χ0) is 21.1. The number of carbonyl (C=O) groups is 1. The first-order valence-electron chi connectivity index (χ1n) is 9.42. The molecule has 0 aliphatic carbocycles. The molecule has 30 heavy (non-hydrogen) atoms. The Kier molecular flexibility index (Phi) is 5.59. The molecule has 2 heterocycles. The third-order valence-corrected chi connectivity index (χ3v) is 5.13. The van der Waals surface area contributed by atoms with Gasteiger partial charge in [-0.05, 0) is 35.9 Å². The van der Waals surface area contributed by atoms with E-state index in [9.17, 15) is 9.59 Å². The first kappa shape index (κ1) is 19.8. The molecule has 0 aliphatic rings. The number of aromatic nitrogens is 3. The van der Waals surface area contributed by atoms with Crippen LogP contribution in [0.3, 0.4) is 0 Å². The van der Waals surface area contributed by atoms with E-state index in [4.69, 9.17) is 11.6 Å². The molecule has 4 aromatic rings. The van der Waals surface area contributed by atoms with Gasteiger partial charge in [-0.2, -0.15) is 5.10 Å². The van der Waals surface area contributed by atoms with E-state index in [1.54, 1.807) is 49.8 Å². The minimum atomic E-state index is -0.298. The third kappa shape index (κ3) is 4.09. The van der Waals surface area contributed by atoms with Crippen molar-refractivity contribution in [2.45, 2.75) is 13.0 Å². The number of pyridine rings is 1. The number of nitrogens with zero attached hydrogens (tertiary/aromatic N) is 4. The van der Waals surface area contributed by atoms with Crippen LogP contribution in [0.25, 0.3) is 10.8 Å². The van der Waals surface area contributed by atoms with Crippen LogP contribution in [0.15, 0.2) is 77.9 Å². The first-order chi connectivity index (χ1) is 14.5. The van der Waals surface area contributed by atoms with E-state index in [-0.39, 0.29) is 18.0 Å². The van der Waals surface area contributed by atoms with Crippen molar-refractivity contribution in [3.8, 4) is 0 Å². The normalized spacial score (nSPS) is 10.9. The molecule has 7 heteroatoms. The van der Waals surface area contributed by atoms with Crippen LogP contribution in [0.4, 0.5) is 5.69 Å². The Bertz CT molecular complexity index is 1270. The molecule has 2 aromatic heterocycles. The largest absolute Gasteiger partial charge is 0.314 e. The lowest BCUT2D eigenvalue weighted by Gasteiger charge is -2.18. The molecule has 0 radical (unpaired) electrons. The summed E-state index contributed by atoms with van der Waals surface area (Å²) in [5.41, 5.74) is 2.05. The number of halogens is 1. The summed E-state index contributed by atoms with van der Waals surface area (Å²) in [5.74, 6) is -0.269. The summed E-state index contributed by atoms with van der Waals surface area (Å²) in [5, 5.41) is 6.37. The van der Waals surface area contributed by atoms with Crippen molar-refractivity contribution in [2.75, 3.05) is 11.9 Å². The molecule has 6 nitrogen and oxygen atoms in total. The Labute approximate surface area is 178 Å². The summed E-state index contributed by atoms with van der Waals surface area (Å²) >= 11 is 6.03. The van der Waals surface area contributed by atoms with E-state index in [1.165, 1.54) is 9.58 Å². The summed E-state index contributed by atoms with van der Waals surface area (Å²) in [4.78, 5) is 31.4. The maximum Gasteiger partial charge on any atom is 0.275 e. The van der Waals surface area contributed by atoms with E-state index in [1.807, 2.05) is 30.3 Å². The van der Waals surface area contributed by atoms with Gasteiger partial charge in [0, 0.05) is 42.0 Å². The highest BCUT2D eigenvalue weighted by Crippen LogP contribution is 2.19. The van der Waals surface area contributed by atoms with Gasteiger partial charge >= 0.3 is 0 Å². The Balaban J connectivity index is 1.71. The highest BCUT2D eigenvalue weighted by molar-refractivity contribution is 6.30. The summed E-state index contributed by atoms with van der Waals surface area (Å²) < 4.78 is 1.23. The molecule has 1 amide bonds. The smallest absolute Gasteiger partial charge is 0.275 e. The zero-order valence-electron chi connectivity index (χ0n) is 16.3. The zero-order valence-corrected chi connectivity index (χ0v) is 17.1. The van der Waals surface area contributed by atoms with E-state index in [0.29, 0.717) is 22.5 Å². The van der Waals surface area contributed by atoms with Crippen LogP contribution in [0.5, 0.6) is 0 Å². The van der Waals surface area contributed by atoms with Gasteiger partial charge in [0.05, 0.1) is 11.1 Å². The van der Waals surface area contributed by atoms with E-state index in [2.05, 4.69) is 10.1 Å². The average Bonchev–Trinajstić information content (AvgIpc) is 2.77. The van der Waals surface area contributed by atoms with Crippen molar-refractivity contribution in [1.82, 2.24) is 14.8 Å². The maximum absolute atomic E-state index is 13.0. The second kappa shape index (κ2) is 8.47. The molecule has 0 bridgehead atoms. The van der Waals surface area contributed by atoms with E-state index < -0.39 is 0 Å². The van der Waals surface area contributed by atoms with Crippen molar-refractivity contribution in [2.24, 2.45) is 0 Å². The van der Waals surface area contributed by atoms with Crippen LogP contribution < -0.4 is 10.5 Å². The SMILES string of the molecule is CN(C(=O)Cn1nc(Cc2cccnc2)c2ccccc2c1=O)c1cccc(Cl)c1. The van der Waals surface area contributed by atoms with Crippen LogP contribution >= 0.6 is 11.6 Å². The van der Waals surface area contributed by atoms with Crippen LogP contribution in [-0.4, -0.2) is 27.7 Å². The Morgan fingerprint density at radius 3 is 2.60 bits per heavy atom. The van der Waals surface area contributed by atoms with Gasteiger partial charge in [0.2, 0.25) is 5.91 Å². The first-order valence-corrected chi connectivity index (χ1v) is 9.80. The topological polar surface area (TPSA) is 68.1 Å². The van der Waals surface area contributed by atoms with Crippen molar-refractivity contribution >= 4 is 34.0 Å². The van der Waals surface area contributed by atoms with E-state index >= 15 is 0 Å². The lowest BCUT2D eigenvalue weighted by molar-refractivity contribution is -0.119. The van der Waals surface area contributed by atoms with Crippen LogP contribution in [-0.2, 0) is 17.8 Å². The summed E-state index contributed by atoms with van der Waals surface area (Å²) in [6.45, 7) is -0.174. The van der Waals surface area contributed by atoms with Gasteiger partial charge in [-0.1, -0.05) is 41.9 Å². The standard InChI is InChI=1S/C23H19ClN4O2/c1-27(18-8-4-7-17(24)13-18)22(29)15-28-23(30)20-10-3-2-9-19(20)21(26-28)12-16-6-5-11-25-14-16/h2-11,13-14H,12,15H2,1H3. The molecule has 4 rings (SSSR count). The Hall–Kier alpha value is -3.51. The van der Waals surface area contributed by atoms with Gasteiger partial charge in [-0.15, -0.1) is 0 Å². The Morgan fingerprint density at radius 1 is 1.07 bits per heavy atom. The fraction of sp³-hybridized carbons (Fsp3) is 0.130. The molecule has 150 valence electrons. The van der Waals surface area contributed by atoms with E-state index in [0.717, 1.165) is 16.6 Å². The molecule has 0 unspecified atom stereocenters. The summed E-state index contributed by atoms with van der Waals surface area (Å²) in [6.07, 6.45) is 3.98. The minimum Gasteiger partial charge on any atom is -0.314 e. The second-order valence-corrected chi connectivity index (χ2v) is 7.36. The third-order valence-electron chi connectivity index (χ3n) is 4.89. The number of amides is 1. The average molecular weight is 419 g/mol.